The summed E-state index contributed by atoms with van der Waals surface area (Å²) in [7, 11) is 2.19. The van der Waals surface area contributed by atoms with E-state index in [0.717, 1.165) is 32.6 Å². The van der Waals surface area contributed by atoms with Gasteiger partial charge in [-0.05, 0) is 57.1 Å². The van der Waals surface area contributed by atoms with Gasteiger partial charge in [0.05, 0.1) is 0 Å². The lowest BCUT2D eigenvalue weighted by molar-refractivity contribution is 0.118. The number of aliphatic hydroxyl groups excluding tert-OH is 1. The van der Waals surface area contributed by atoms with Crippen LogP contribution in [0.2, 0.25) is 0 Å². The average Bonchev–Trinajstić information content (AvgIpc) is 3.03. The van der Waals surface area contributed by atoms with Gasteiger partial charge in [-0.2, -0.15) is 0 Å². The van der Waals surface area contributed by atoms with E-state index in [0.29, 0.717) is 12.6 Å². The lowest BCUT2D eigenvalue weighted by atomic mass is 10.0. The quantitative estimate of drug-likeness (QED) is 0.861. The topological polar surface area (TPSA) is 42.5 Å². The summed E-state index contributed by atoms with van der Waals surface area (Å²) in [6, 6.07) is 9.38. The number of H-pyrrole nitrogens is 1. The van der Waals surface area contributed by atoms with Crippen LogP contribution < -0.4 is 0 Å². The van der Waals surface area contributed by atoms with Crippen molar-refractivity contribution in [1.82, 2.24) is 14.8 Å². The Labute approximate surface area is 132 Å². The van der Waals surface area contributed by atoms with Gasteiger partial charge in [0.1, 0.15) is 0 Å². The maximum Gasteiger partial charge on any atom is 0.0457 e. The van der Waals surface area contributed by atoms with Gasteiger partial charge in [-0.15, -0.1) is 0 Å². The number of fused-ring (bicyclic) bond motifs is 1. The molecule has 22 heavy (non-hydrogen) atoms. The van der Waals surface area contributed by atoms with Gasteiger partial charge in [0.15, 0.2) is 0 Å². The molecule has 0 unspecified atom stereocenters. The van der Waals surface area contributed by atoms with E-state index in [1.54, 1.807) is 0 Å². The molecule has 1 aromatic heterocycles. The number of likely N-dealkylation sites (tertiary alicyclic amines) is 1. The summed E-state index contributed by atoms with van der Waals surface area (Å²) in [6.07, 6.45) is 5.36. The van der Waals surface area contributed by atoms with Gasteiger partial charge in [0, 0.05) is 42.8 Å². The molecule has 0 saturated carbocycles. The summed E-state index contributed by atoms with van der Waals surface area (Å²) in [6.45, 7) is 4.67. The fourth-order valence-corrected chi connectivity index (χ4v) is 3.55. The van der Waals surface area contributed by atoms with Crippen LogP contribution in [-0.4, -0.2) is 59.2 Å². The number of piperidine rings is 1. The first-order valence-corrected chi connectivity index (χ1v) is 8.36. The third-order valence-electron chi connectivity index (χ3n) is 4.93. The van der Waals surface area contributed by atoms with Gasteiger partial charge in [-0.1, -0.05) is 12.1 Å². The molecule has 120 valence electrons. The van der Waals surface area contributed by atoms with Crippen molar-refractivity contribution in [3.63, 3.8) is 0 Å². The van der Waals surface area contributed by atoms with E-state index >= 15 is 0 Å². The predicted octanol–water partition coefficient (Wildman–Crippen LogP) is 2.45. The first-order valence-electron chi connectivity index (χ1n) is 8.36. The molecule has 2 aromatic rings. The zero-order valence-electron chi connectivity index (χ0n) is 13.5. The first kappa shape index (κ1) is 15.5. The van der Waals surface area contributed by atoms with Gasteiger partial charge >= 0.3 is 0 Å². The maximum atomic E-state index is 8.95. The molecule has 4 heteroatoms. The summed E-state index contributed by atoms with van der Waals surface area (Å²) >= 11 is 0. The molecule has 4 nitrogen and oxygen atoms in total. The predicted molar refractivity (Wildman–Crippen MR) is 90.9 cm³/mol. The third kappa shape index (κ3) is 3.51. The van der Waals surface area contributed by atoms with Crippen molar-refractivity contribution >= 4 is 10.9 Å². The highest BCUT2D eigenvalue weighted by Crippen LogP contribution is 2.22. The minimum atomic E-state index is 0.295. The minimum Gasteiger partial charge on any atom is -0.396 e. The Morgan fingerprint density at radius 1 is 1.27 bits per heavy atom. The standard InChI is InChI=1S/C18H27N3O/c1-20(10-3-13-22)16-7-11-21(12-8-16)14-15-4-2-5-18-17(15)6-9-19-18/h2,4-6,9,16,19,22H,3,7-8,10-14H2,1H3. The van der Waals surface area contributed by atoms with Gasteiger partial charge < -0.3 is 15.0 Å². The SMILES string of the molecule is CN(CCCO)C1CCN(Cc2cccc3[nH]ccc23)CC1. The number of benzene rings is 1. The number of aromatic amines is 1. The Kier molecular flexibility index (Phi) is 5.13. The molecule has 0 aliphatic carbocycles. The Hall–Kier alpha value is -1.36. The van der Waals surface area contributed by atoms with E-state index in [1.165, 1.54) is 29.3 Å². The van der Waals surface area contributed by atoms with Crippen LogP contribution in [0.3, 0.4) is 0 Å². The first-order chi connectivity index (χ1) is 10.8. The minimum absolute atomic E-state index is 0.295. The molecule has 0 spiro atoms. The molecule has 0 radical (unpaired) electrons. The molecule has 1 aromatic carbocycles. The summed E-state index contributed by atoms with van der Waals surface area (Å²) in [5, 5.41) is 10.3. The monoisotopic (exact) mass is 301 g/mol. The van der Waals surface area contributed by atoms with Crippen LogP contribution in [0.25, 0.3) is 10.9 Å². The van der Waals surface area contributed by atoms with E-state index in [9.17, 15) is 0 Å². The molecule has 0 bridgehead atoms. The van der Waals surface area contributed by atoms with Crippen LogP contribution in [0.5, 0.6) is 0 Å². The molecular formula is C18H27N3O. The number of aliphatic hydroxyl groups is 1. The largest absolute Gasteiger partial charge is 0.396 e. The van der Waals surface area contributed by atoms with Crippen molar-refractivity contribution in [2.75, 3.05) is 33.3 Å². The van der Waals surface area contributed by atoms with E-state index in [2.05, 4.69) is 46.1 Å². The second-order valence-electron chi connectivity index (χ2n) is 6.42. The zero-order valence-corrected chi connectivity index (χ0v) is 13.5. The fraction of sp³-hybridized carbons (Fsp3) is 0.556. The summed E-state index contributed by atoms with van der Waals surface area (Å²) in [5.74, 6) is 0. The molecule has 2 N–H and O–H groups in total. The third-order valence-corrected chi connectivity index (χ3v) is 4.93. The Bertz CT molecular complexity index is 587. The van der Waals surface area contributed by atoms with Gasteiger partial charge in [-0.3, -0.25) is 4.90 Å². The van der Waals surface area contributed by atoms with Gasteiger partial charge in [0.2, 0.25) is 0 Å². The van der Waals surface area contributed by atoms with Crippen molar-refractivity contribution in [1.29, 1.82) is 0 Å². The zero-order chi connectivity index (χ0) is 15.4. The van der Waals surface area contributed by atoms with E-state index in [1.807, 2.05) is 6.20 Å². The Morgan fingerprint density at radius 3 is 2.86 bits per heavy atom. The second kappa shape index (κ2) is 7.27. The number of nitrogens with zero attached hydrogens (tertiary/aromatic N) is 2. The van der Waals surface area contributed by atoms with Crippen molar-refractivity contribution in [2.24, 2.45) is 0 Å². The molecule has 3 rings (SSSR count). The van der Waals surface area contributed by atoms with Gasteiger partial charge in [0.25, 0.3) is 0 Å². The highest BCUT2D eigenvalue weighted by molar-refractivity contribution is 5.82. The number of aromatic nitrogens is 1. The van der Waals surface area contributed by atoms with Crippen LogP contribution in [0.15, 0.2) is 30.5 Å². The molecule has 1 aliphatic rings. The molecule has 1 saturated heterocycles. The molecule has 2 heterocycles. The summed E-state index contributed by atoms with van der Waals surface area (Å²) in [4.78, 5) is 8.28. The summed E-state index contributed by atoms with van der Waals surface area (Å²) in [5.41, 5.74) is 2.65. The van der Waals surface area contributed by atoms with Crippen molar-refractivity contribution in [3.05, 3.63) is 36.0 Å². The number of rotatable bonds is 6. The van der Waals surface area contributed by atoms with E-state index < -0.39 is 0 Å². The number of nitrogens with one attached hydrogen (secondary N) is 1. The molecular weight excluding hydrogens is 274 g/mol. The molecule has 0 amide bonds. The van der Waals surface area contributed by atoms with Crippen LogP contribution in [0.1, 0.15) is 24.8 Å². The van der Waals surface area contributed by atoms with Crippen LogP contribution in [-0.2, 0) is 6.54 Å². The van der Waals surface area contributed by atoms with Crippen LogP contribution in [0.4, 0.5) is 0 Å². The average molecular weight is 301 g/mol. The summed E-state index contributed by atoms with van der Waals surface area (Å²) < 4.78 is 0. The van der Waals surface area contributed by atoms with Crippen LogP contribution >= 0.6 is 0 Å². The highest BCUT2D eigenvalue weighted by atomic mass is 16.3. The normalized spacial score (nSPS) is 17.6. The van der Waals surface area contributed by atoms with Gasteiger partial charge in [-0.25, -0.2) is 0 Å². The smallest absolute Gasteiger partial charge is 0.0457 e. The lowest BCUT2D eigenvalue weighted by Crippen LogP contribution is -2.43. The van der Waals surface area contributed by atoms with Crippen molar-refractivity contribution in [3.8, 4) is 0 Å². The highest BCUT2D eigenvalue weighted by Gasteiger charge is 2.22. The lowest BCUT2D eigenvalue weighted by Gasteiger charge is -2.36. The number of hydrogen-bond donors (Lipinski definition) is 2. The molecule has 0 atom stereocenters. The second-order valence-corrected chi connectivity index (χ2v) is 6.42. The van der Waals surface area contributed by atoms with Crippen LogP contribution in [0, 0.1) is 0 Å². The fourth-order valence-electron chi connectivity index (χ4n) is 3.55. The van der Waals surface area contributed by atoms with E-state index in [4.69, 9.17) is 5.11 Å². The molecule has 1 fully saturated rings. The van der Waals surface area contributed by atoms with E-state index in [-0.39, 0.29) is 0 Å². The van der Waals surface area contributed by atoms with Crippen molar-refractivity contribution < 1.29 is 5.11 Å². The molecule has 1 aliphatic heterocycles. The Morgan fingerprint density at radius 2 is 2.09 bits per heavy atom. The number of hydrogen-bond acceptors (Lipinski definition) is 3. The van der Waals surface area contributed by atoms with Crippen molar-refractivity contribution in [2.45, 2.75) is 31.8 Å². The maximum absolute atomic E-state index is 8.95. The Balaban J connectivity index is 1.55.